The number of carbonyl (C=O) groups is 1. The first-order chi connectivity index (χ1) is 12.9. The van der Waals surface area contributed by atoms with Gasteiger partial charge in [0.05, 0.1) is 21.2 Å². The summed E-state index contributed by atoms with van der Waals surface area (Å²) in [5, 5.41) is 11.6. The van der Waals surface area contributed by atoms with Crippen molar-refractivity contribution >= 4 is 45.8 Å². The number of amides is 1. The SMILES string of the molecule is Cc1ccc(C)c(N=C2SCCCN2C(=O)c2ccc([N+](=O)[O-])cc2Cl)c1. The molecule has 3 rings (SSSR count). The maximum absolute atomic E-state index is 13.0. The first-order valence-corrected chi connectivity index (χ1v) is 9.77. The summed E-state index contributed by atoms with van der Waals surface area (Å²) in [5.74, 6) is 0.577. The van der Waals surface area contributed by atoms with Gasteiger partial charge in [0.1, 0.15) is 0 Å². The average Bonchev–Trinajstić information content (AvgIpc) is 2.64. The van der Waals surface area contributed by atoms with Crippen LogP contribution in [0.4, 0.5) is 11.4 Å². The lowest BCUT2D eigenvalue weighted by atomic mass is 10.1. The molecule has 1 saturated heterocycles. The van der Waals surface area contributed by atoms with Crippen LogP contribution in [0.3, 0.4) is 0 Å². The van der Waals surface area contributed by atoms with Crippen LogP contribution in [-0.2, 0) is 0 Å². The standard InChI is InChI=1S/C19H18ClN3O3S/c1-12-4-5-13(2)17(10-12)21-19-22(8-3-9-27-19)18(24)15-7-6-14(23(25)26)11-16(15)20/h4-7,10-11H,3,8-9H2,1-2H3. The molecule has 8 heteroatoms. The lowest BCUT2D eigenvalue weighted by molar-refractivity contribution is -0.384. The largest absolute Gasteiger partial charge is 0.287 e. The summed E-state index contributed by atoms with van der Waals surface area (Å²) in [6.45, 7) is 4.51. The third kappa shape index (κ3) is 4.31. The van der Waals surface area contributed by atoms with Crippen LogP contribution in [0, 0.1) is 24.0 Å². The van der Waals surface area contributed by atoms with Gasteiger partial charge >= 0.3 is 0 Å². The van der Waals surface area contributed by atoms with Gasteiger partial charge in [-0.15, -0.1) is 0 Å². The van der Waals surface area contributed by atoms with Gasteiger partial charge in [-0.05, 0) is 43.5 Å². The van der Waals surface area contributed by atoms with E-state index in [0.29, 0.717) is 11.7 Å². The van der Waals surface area contributed by atoms with Crippen LogP contribution in [0.1, 0.15) is 27.9 Å². The Kier molecular flexibility index (Phi) is 5.82. The number of benzene rings is 2. The minimum Gasteiger partial charge on any atom is -0.287 e. The number of hydrogen-bond donors (Lipinski definition) is 0. The molecule has 0 unspecified atom stereocenters. The van der Waals surface area contributed by atoms with E-state index in [1.54, 1.807) is 4.90 Å². The molecule has 27 heavy (non-hydrogen) atoms. The first-order valence-electron chi connectivity index (χ1n) is 8.41. The summed E-state index contributed by atoms with van der Waals surface area (Å²) < 4.78 is 0. The maximum atomic E-state index is 13.0. The van der Waals surface area contributed by atoms with Crippen molar-refractivity contribution in [2.45, 2.75) is 20.3 Å². The molecule has 1 amide bonds. The number of nitrogens with zero attached hydrogens (tertiary/aromatic N) is 3. The molecule has 1 aliphatic heterocycles. The normalized spacial score (nSPS) is 15.8. The molecule has 0 saturated carbocycles. The Hall–Kier alpha value is -2.38. The fraction of sp³-hybridized carbons (Fsp3) is 0.263. The highest BCUT2D eigenvalue weighted by atomic mass is 35.5. The van der Waals surface area contributed by atoms with Crippen molar-refractivity contribution in [1.82, 2.24) is 4.90 Å². The number of aryl methyl sites for hydroxylation is 2. The number of aliphatic imine (C=N–C) groups is 1. The highest BCUT2D eigenvalue weighted by Crippen LogP contribution is 2.29. The molecule has 0 radical (unpaired) electrons. The molecule has 1 aliphatic rings. The Morgan fingerprint density at radius 1 is 1.26 bits per heavy atom. The van der Waals surface area contributed by atoms with Gasteiger partial charge in [0.15, 0.2) is 5.17 Å². The Morgan fingerprint density at radius 2 is 2.04 bits per heavy atom. The number of amidine groups is 1. The van der Waals surface area contributed by atoms with Crippen LogP contribution >= 0.6 is 23.4 Å². The van der Waals surface area contributed by atoms with Gasteiger partial charge in [-0.1, -0.05) is 35.5 Å². The second kappa shape index (κ2) is 8.10. The highest BCUT2D eigenvalue weighted by molar-refractivity contribution is 8.13. The zero-order chi connectivity index (χ0) is 19.6. The van der Waals surface area contributed by atoms with E-state index in [1.165, 1.54) is 30.0 Å². The first kappa shape index (κ1) is 19.4. The molecule has 0 aromatic heterocycles. The van der Waals surface area contributed by atoms with Crippen LogP contribution in [0.5, 0.6) is 0 Å². The smallest absolute Gasteiger partial charge is 0.270 e. The van der Waals surface area contributed by atoms with Crippen molar-refractivity contribution in [2.75, 3.05) is 12.3 Å². The number of halogens is 1. The summed E-state index contributed by atoms with van der Waals surface area (Å²) >= 11 is 7.66. The second-order valence-corrected chi connectivity index (χ2v) is 7.73. The van der Waals surface area contributed by atoms with E-state index in [9.17, 15) is 14.9 Å². The van der Waals surface area contributed by atoms with Crippen LogP contribution in [-0.4, -0.2) is 33.2 Å². The predicted octanol–water partition coefficient (Wildman–Crippen LogP) is 5.13. The monoisotopic (exact) mass is 403 g/mol. The van der Waals surface area contributed by atoms with E-state index in [0.717, 1.165) is 29.0 Å². The third-order valence-electron chi connectivity index (χ3n) is 4.21. The van der Waals surface area contributed by atoms with E-state index in [2.05, 4.69) is 0 Å². The Labute approximate surface area is 166 Å². The quantitative estimate of drug-likeness (QED) is 0.525. The predicted molar refractivity (Wildman–Crippen MR) is 109 cm³/mol. The topological polar surface area (TPSA) is 75.8 Å². The van der Waals surface area contributed by atoms with Gasteiger partial charge in [0.2, 0.25) is 0 Å². The number of nitro benzene ring substituents is 1. The van der Waals surface area contributed by atoms with Crippen molar-refractivity contribution in [3.8, 4) is 0 Å². The number of carbonyl (C=O) groups excluding carboxylic acids is 1. The van der Waals surface area contributed by atoms with Crippen molar-refractivity contribution in [2.24, 2.45) is 4.99 Å². The van der Waals surface area contributed by atoms with E-state index < -0.39 is 4.92 Å². The van der Waals surface area contributed by atoms with E-state index in [4.69, 9.17) is 16.6 Å². The van der Waals surface area contributed by atoms with Crippen molar-refractivity contribution in [3.05, 3.63) is 68.2 Å². The molecule has 0 spiro atoms. The van der Waals surface area contributed by atoms with Crippen LogP contribution in [0.25, 0.3) is 0 Å². The van der Waals surface area contributed by atoms with Gasteiger partial charge < -0.3 is 0 Å². The summed E-state index contributed by atoms with van der Waals surface area (Å²) in [6, 6.07) is 9.90. The highest BCUT2D eigenvalue weighted by Gasteiger charge is 2.27. The zero-order valence-corrected chi connectivity index (χ0v) is 16.5. The van der Waals surface area contributed by atoms with E-state index >= 15 is 0 Å². The number of hydrogen-bond acceptors (Lipinski definition) is 5. The van der Waals surface area contributed by atoms with Gasteiger partial charge in [0, 0.05) is 24.4 Å². The van der Waals surface area contributed by atoms with Crippen LogP contribution < -0.4 is 0 Å². The van der Waals surface area contributed by atoms with Crippen molar-refractivity contribution in [3.63, 3.8) is 0 Å². The van der Waals surface area contributed by atoms with Gasteiger partial charge in [0.25, 0.3) is 11.6 Å². The van der Waals surface area contributed by atoms with Crippen molar-refractivity contribution < 1.29 is 9.72 Å². The molecule has 0 aliphatic carbocycles. The molecule has 0 N–H and O–H groups in total. The fourth-order valence-electron chi connectivity index (χ4n) is 2.72. The number of nitro groups is 1. The minimum absolute atomic E-state index is 0.0656. The molecular formula is C19H18ClN3O3S. The number of non-ortho nitro benzene ring substituents is 1. The third-order valence-corrected chi connectivity index (χ3v) is 5.58. The second-order valence-electron chi connectivity index (χ2n) is 6.26. The summed E-state index contributed by atoms with van der Waals surface area (Å²) in [4.78, 5) is 29.7. The molecule has 1 heterocycles. The maximum Gasteiger partial charge on any atom is 0.270 e. The zero-order valence-electron chi connectivity index (χ0n) is 14.9. The van der Waals surface area contributed by atoms with Crippen LogP contribution in [0.2, 0.25) is 5.02 Å². The molecule has 140 valence electrons. The Morgan fingerprint density at radius 3 is 2.74 bits per heavy atom. The lowest BCUT2D eigenvalue weighted by Gasteiger charge is -2.28. The van der Waals surface area contributed by atoms with Gasteiger partial charge in [-0.25, -0.2) is 4.99 Å². The number of rotatable bonds is 3. The molecule has 6 nitrogen and oxygen atoms in total. The number of thioether (sulfide) groups is 1. The Balaban J connectivity index is 1.96. The molecular weight excluding hydrogens is 386 g/mol. The van der Waals surface area contributed by atoms with Crippen molar-refractivity contribution in [1.29, 1.82) is 0 Å². The van der Waals surface area contributed by atoms with Gasteiger partial charge in [-0.2, -0.15) is 0 Å². The molecule has 2 aromatic rings. The summed E-state index contributed by atoms with van der Waals surface area (Å²) in [6.07, 6.45) is 0.840. The summed E-state index contributed by atoms with van der Waals surface area (Å²) in [7, 11) is 0. The average molecular weight is 404 g/mol. The molecule has 2 aromatic carbocycles. The van der Waals surface area contributed by atoms with Crippen LogP contribution in [0.15, 0.2) is 41.4 Å². The lowest BCUT2D eigenvalue weighted by Crippen LogP contribution is -2.39. The molecule has 1 fully saturated rings. The molecule has 0 atom stereocenters. The Bertz CT molecular complexity index is 946. The molecule has 0 bridgehead atoms. The van der Waals surface area contributed by atoms with E-state index in [1.807, 2.05) is 32.0 Å². The van der Waals surface area contributed by atoms with E-state index in [-0.39, 0.29) is 22.2 Å². The van der Waals surface area contributed by atoms with Gasteiger partial charge in [-0.3, -0.25) is 19.8 Å². The summed E-state index contributed by atoms with van der Waals surface area (Å²) in [5.41, 5.74) is 3.04. The minimum atomic E-state index is -0.537. The fourth-order valence-corrected chi connectivity index (χ4v) is 3.92.